The first kappa shape index (κ1) is 26.1. The molecule has 10 nitrogen and oxygen atoms in total. The molecule has 2 aromatic rings. The van der Waals surface area contributed by atoms with Gasteiger partial charge in [0.15, 0.2) is 0 Å². The zero-order valence-corrected chi connectivity index (χ0v) is 21.0. The van der Waals surface area contributed by atoms with Crippen LogP contribution in [0.4, 0.5) is 10.6 Å². The van der Waals surface area contributed by atoms with E-state index < -0.39 is 11.4 Å². The smallest absolute Gasteiger partial charge is 0.327 e. The summed E-state index contributed by atoms with van der Waals surface area (Å²) < 4.78 is 5.84. The van der Waals surface area contributed by atoms with Gasteiger partial charge in [-0.15, -0.1) is 0 Å². The minimum absolute atomic E-state index is 0.0622. The van der Waals surface area contributed by atoms with Gasteiger partial charge >= 0.3 is 6.03 Å². The first-order chi connectivity index (χ1) is 16.5. The van der Waals surface area contributed by atoms with E-state index in [1.54, 1.807) is 51.2 Å². The highest BCUT2D eigenvalue weighted by molar-refractivity contribution is 6.02. The first-order valence-electron chi connectivity index (χ1n) is 11.7. The van der Waals surface area contributed by atoms with Crippen molar-refractivity contribution in [2.24, 2.45) is 5.41 Å². The van der Waals surface area contributed by atoms with Crippen molar-refractivity contribution in [2.45, 2.75) is 46.1 Å². The molecule has 2 N–H and O–H groups in total. The molecule has 0 unspecified atom stereocenters. The van der Waals surface area contributed by atoms with E-state index in [2.05, 4.69) is 39.6 Å². The van der Waals surface area contributed by atoms with E-state index in [1.165, 1.54) is 6.20 Å². The zero-order valence-electron chi connectivity index (χ0n) is 21.0. The van der Waals surface area contributed by atoms with Crippen molar-refractivity contribution >= 4 is 23.7 Å². The molecule has 1 aliphatic heterocycles. The van der Waals surface area contributed by atoms with Crippen LogP contribution in [0.3, 0.4) is 0 Å². The molecule has 0 radical (unpaired) electrons. The Morgan fingerprint density at radius 2 is 1.80 bits per heavy atom. The molecule has 1 saturated heterocycles. The normalized spacial score (nSPS) is 14.5. The van der Waals surface area contributed by atoms with Crippen molar-refractivity contribution in [2.75, 3.05) is 32.5 Å². The van der Waals surface area contributed by atoms with Gasteiger partial charge < -0.3 is 14.5 Å². The Morgan fingerprint density at radius 3 is 2.40 bits per heavy atom. The molecule has 0 aromatic carbocycles. The quantitative estimate of drug-likeness (QED) is 0.650. The minimum Gasteiger partial charge on any atom is -0.456 e. The SMILES string of the molecule is CN(C)C1CCN(C(=O)Cc2cc(Oc3ccc(NC(=O)NC(=O)C(C)(C)C)nc3)ccn2)CC1. The number of pyridine rings is 2. The van der Waals surface area contributed by atoms with Crippen LogP contribution in [0.25, 0.3) is 0 Å². The van der Waals surface area contributed by atoms with Gasteiger partial charge in [-0.1, -0.05) is 20.8 Å². The highest BCUT2D eigenvalue weighted by Gasteiger charge is 2.24. The fourth-order valence-corrected chi connectivity index (χ4v) is 3.60. The van der Waals surface area contributed by atoms with E-state index in [4.69, 9.17) is 4.74 Å². The molecule has 4 amide bonds. The first-order valence-corrected chi connectivity index (χ1v) is 11.7. The van der Waals surface area contributed by atoms with Crippen molar-refractivity contribution in [3.8, 4) is 11.5 Å². The third-order valence-corrected chi connectivity index (χ3v) is 5.79. The van der Waals surface area contributed by atoms with Crippen molar-refractivity contribution in [1.29, 1.82) is 0 Å². The average Bonchev–Trinajstić information content (AvgIpc) is 2.80. The van der Waals surface area contributed by atoms with Crippen LogP contribution in [0, 0.1) is 5.41 Å². The number of anilines is 1. The summed E-state index contributed by atoms with van der Waals surface area (Å²) >= 11 is 0. The van der Waals surface area contributed by atoms with Gasteiger partial charge in [0, 0.05) is 36.8 Å². The Morgan fingerprint density at radius 1 is 1.09 bits per heavy atom. The fourth-order valence-electron chi connectivity index (χ4n) is 3.60. The van der Waals surface area contributed by atoms with Crippen LogP contribution >= 0.6 is 0 Å². The van der Waals surface area contributed by atoms with E-state index in [9.17, 15) is 14.4 Å². The van der Waals surface area contributed by atoms with Crippen molar-refractivity contribution in [3.63, 3.8) is 0 Å². The summed E-state index contributed by atoms with van der Waals surface area (Å²) in [5.74, 6) is 0.934. The van der Waals surface area contributed by atoms with E-state index >= 15 is 0 Å². The largest absolute Gasteiger partial charge is 0.456 e. The number of piperidine rings is 1. The maximum Gasteiger partial charge on any atom is 0.327 e. The Kier molecular flexibility index (Phi) is 8.39. The number of nitrogens with one attached hydrogen (secondary N) is 2. The molecular weight excluding hydrogens is 448 g/mol. The number of rotatable bonds is 6. The molecule has 0 spiro atoms. The second kappa shape index (κ2) is 11.3. The van der Waals surface area contributed by atoms with Crippen LogP contribution in [0.2, 0.25) is 0 Å². The zero-order chi connectivity index (χ0) is 25.6. The lowest BCUT2D eigenvalue weighted by molar-refractivity contribution is -0.132. The van der Waals surface area contributed by atoms with Crippen molar-refractivity contribution in [3.05, 3.63) is 42.4 Å². The van der Waals surface area contributed by atoms with E-state index in [0.717, 1.165) is 25.9 Å². The van der Waals surface area contributed by atoms with E-state index in [0.29, 0.717) is 23.2 Å². The Balaban J connectivity index is 1.52. The Bertz CT molecular complexity index is 1040. The fraction of sp³-hybridized carbons (Fsp3) is 0.480. The van der Waals surface area contributed by atoms with Crippen LogP contribution in [0.5, 0.6) is 11.5 Å². The molecule has 2 aromatic heterocycles. The number of carbonyl (C=O) groups excluding carboxylic acids is 3. The molecule has 35 heavy (non-hydrogen) atoms. The standard InChI is InChI=1S/C25H34N6O4/c1-25(2,3)23(33)29-24(34)28-21-7-6-20(16-27-21)35-19-8-11-26-17(14-19)15-22(32)31-12-9-18(10-13-31)30(4)5/h6-8,11,14,16,18H,9-10,12-13,15H2,1-5H3,(H2,27,28,29,33,34). The summed E-state index contributed by atoms with van der Waals surface area (Å²) in [7, 11) is 4.15. The molecule has 1 fully saturated rings. The van der Waals surface area contributed by atoms with Gasteiger partial charge in [0.2, 0.25) is 11.8 Å². The maximum atomic E-state index is 12.7. The number of urea groups is 1. The minimum atomic E-state index is -0.681. The predicted octanol–water partition coefficient (Wildman–Crippen LogP) is 3.06. The van der Waals surface area contributed by atoms with Gasteiger partial charge in [0.05, 0.1) is 18.3 Å². The summed E-state index contributed by atoms with van der Waals surface area (Å²) in [5.41, 5.74) is -0.0481. The molecule has 3 rings (SSSR count). The van der Waals surface area contributed by atoms with Gasteiger partial charge in [-0.2, -0.15) is 0 Å². The number of hydrogen-bond acceptors (Lipinski definition) is 7. The molecule has 188 valence electrons. The average molecular weight is 483 g/mol. The predicted molar refractivity (Wildman–Crippen MR) is 132 cm³/mol. The van der Waals surface area contributed by atoms with Crippen LogP contribution in [-0.2, 0) is 16.0 Å². The molecule has 10 heteroatoms. The summed E-state index contributed by atoms with van der Waals surface area (Å²) in [4.78, 5) is 49.2. The van der Waals surface area contributed by atoms with E-state index in [1.807, 2.05) is 4.90 Å². The van der Waals surface area contributed by atoms with Crippen LogP contribution in [-0.4, -0.2) is 70.8 Å². The van der Waals surface area contributed by atoms with Gasteiger partial charge in [-0.05, 0) is 45.1 Å². The number of imide groups is 1. The second-order valence-corrected chi connectivity index (χ2v) is 9.87. The summed E-state index contributed by atoms with van der Waals surface area (Å²) in [6.45, 7) is 6.66. The van der Waals surface area contributed by atoms with Crippen LogP contribution in [0.15, 0.2) is 36.7 Å². The van der Waals surface area contributed by atoms with Crippen LogP contribution < -0.4 is 15.4 Å². The molecular formula is C25H34N6O4. The summed E-state index contributed by atoms with van der Waals surface area (Å²) in [6.07, 6.45) is 5.23. The molecule has 1 aliphatic rings. The Hall–Kier alpha value is -3.53. The van der Waals surface area contributed by atoms with Crippen molar-refractivity contribution < 1.29 is 19.1 Å². The number of likely N-dealkylation sites (tertiary alicyclic amines) is 1. The lowest BCUT2D eigenvalue weighted by Gasteiger charge is -2.35. The molecule has 0 saturated carbocycles. The molecule has 0 atom stereocenters. The lowest BCUT2D eigenvalue weighted by Crippen LogP contribution is -2.45. The van der Waals surface area contributed by atoms with Gasteiger partial charge in [-0.25, -0.2) is 9.78 Å². The number of hydrogen-bond donors (Lipinski definition) is 2. The number of aromatic nitrogens is 2. The Labute approximate surface area is 206 Å². The van der Waals surface area contributed by atoms with Crippen LogP contribution in [0.1, 0.15) is 39.3 Å². The third kappa shape index (κ3) is 7.74. The highest BCUT2D eigenvalue weighted by atomic mass is 16.5. The van der Waals surface area contributed by atoms with Gasteiger partial charge in [0.1, 0.15) is 17.3 Å². The second-order valence-electron chi connectivity index (χ2n) is 9.87. The lowest BCUT2D eigenvalue weighted by atomic mass is 9.96. The topological polar surface area (TPSA) is 117 Å². The number of ether oxygens (including phenoxy) is 1. The number of carbonyl (C=O) groups is 3. The summed E-state index contributed by atoms with van der Waals surface area (Å²) in [5, 5.41) is 4.79. The summed E-state index contributed by atoms with van der Waals surface area (Å²) in [6, 6.07) is 6.52. The highest BCUT2D eigenvalue weighted by Crippen LogP contribution is 2.23. The van der Waals surface area contributed by atoms with E-state index in [-0.39, 0.29) is 24.1 Å². The maximum absolute atomic E-state index is 12.7. The van der Waals surface area contributed by atoms with Gasteiger partial charge in [-0.3, -0.25) is 25.2 Å². The van der Waals surface area contributed by atoms with Crippen molar-refractivity contribution in [1.82, 2.24) is 25.1 Å². The van der Waals surface area contributed by atoms with Gasteiger partial charge in [0.25, 0.3) is 0 Å². The number of amides is 4. The number of nitrogens with zero attached hydrogens (tertiary/aromatic N) is 4. The molecule has 0 aliphatic carbocycles. The molecule has 3 heterocycles. The third-order valence-electron chi connectivity index (χ3n) is 5.79. The molecule has 0 bridgehead atoms. The monoisotopic (exact) mass is 482 g/mol.